The van der Waals surface area contributed by atoms with Gasteiger partial charge in [-0.2, -0.15) is 13.2 Å². The minimum Gasteiger partial charge on any atom is -0.454 e. The number of fused-ring (bicyclic) bond motifs is 2. The number of alkyl halides is 3. The fourth-order valence-corrected chi connectivity index (χ4v) is 3.64. The molecule has 5 rings (SSSR count). The van der Waals surface area contributed by atoms with Gasteiger partial charge in [-0.25, -0.2) is 4.98 Å². The van der Waals surface area contributed by atoms with Crippen molar-refractivity contribution in [2.45, 2.75) is 18.5 Å². The molecule has 0 aliphatic carbocycles. The maximum absolute atomic E-state index is 13.1. The third kappa shape index (κ3) is 2.98. The summed E-state index contributed by atoms with van der Waals surface area (Å²) < 4.78 is 51.4. The van der Waals surface area contributed by atoms with Gasteiger partial charge in [0.05, 0.1) is 11.3 Å². The van der Waals surface area contributed by atoms with Gasteiger partial charge in [-0.05, 0) is 35.9 Å². The van der Waals surface area contributed by atoms with Crippen LogP contribution in [-0.2, 0) is 11.0 Å². The van der Waals surface area contributed by atoms with E-state index in [0.29, 0.717) is 23.0 Å². The second-order valence-electron chi connectivity index (χ2n) is 6.81. The van der Waals surface area contributed by atoms with Crippen molar-refractivity contribution in [3.05, 3.63) is 65.6 Å². The third-order valence-corrected chi connectivity index (χ3v) is 5.02. The van der Waals surface area contributed by atoms with E-state index in [4.69, 9.17) is 9.47 Å². The lowest BCUT2D eigenvalue weighted by Crippen LogP contribution is -2.25. The van der Waals surface area contributed by atoms with Crippen molar-refractivity contribution in [2.75, 3.05) is 12.1 Å². The molecule has 1 unspecified atom stereocenters. The Bertz CT molecular complexity index is 1120. The summed E-state index contributed by atoms with van der Waals surface area (Å²) in [5.74, 6) is 0.994. The Hall–Kier alpha value is -3.49. The summed E-state index contributed by atoms with van der Waals surface area (Å²) in [7, 11) is 0. The highest BCUT2D eigenvalue weighted by molar-refractivity contribution is 5.94. The lowest BCUT2D eigenvalue weighted by Gasteiger charge is -2.23. The Morgan fingerprint density at radius 1 is 1.10 bits per heavy atom. The number of anilines is 1. The molecule has 1 amide bonds. The van der Waals surface area contributed by atoms with Crippen LogP contribution in [0.25, 0.3) is 5.69 Å². The molecule has 3 heterocycles. The number of amides is 1. The van der Waals surface area contributed by atoms with E-state index < -0.39 is 11.7 Å². The second-order valence-corrected chi connectivity index (χ2v) is 6.81. The van der Waals surface area contributed by atoms with E-state index in [1.165, 1.54) is 23.0 Å². The van der Waals surface area contributed by atoms with Crippen LogP contribution in [0.2, 0.25) is 0 Å². The number of imidazole rings is 1. The van der Waals surface area contributed by atoms with Crippen LogP contribution in [0, 0.1) is 0 Å². The molecule has 6 nitrogen and oxygen atoms in total. The molecule has 0 radical (unpaired) electrons. The zero-order valence-electron chi connectivity index (χ0n) is 14.9. The summed E-state index contributed by atoms with van der Waals surface area (Å²) in [5.41, 5.74) is 0.896. The van der Waals surface area contributed by atoms with Gasteiger partial charge in [-0.3, -0.25) is 9.36 Å². The monoisotopic (exact) mass is 401 g/mol. The van der Waals surface area contributed by atoms with E-state index >= 15 is 0 Å². The van der Waals surface area contributed by atoms with Crippen molar-refractivity contribution < 1.29 is 27.4 Å². The summed E-state index contributed by atoms with van der Waals surface area (Å²) in [5, 5.41) is 2.74. The summed E-state index contributed by atoms with van der Waals surface area (Å²) in [6, 6.07) is 10.3. The average molecular weight is 401 g/mol. The van der Waals surface area contributed by atoms with Gasteiger partial charge in [0, 0.05) is 18.0 Å². The number of nitrogens with zero attached hydrogens (tertiary/aromatic N) is 2. The summed E-state index contributed by atoms with van der Waals surface area (Å²) in [4.78, 5) is 16.8. The van der Waals surface area contributed by atoms with Crippen molar-refractivity contribution in [1.29, 1.82) is 0 Å². The molecule has 148 valence electrons. The first-order valence-corrected chi connectivity index (χ1v) is 8.84. The molecule has 1 aromatic heterocycles. The van der Waals surface area contributed by atoms with Crippen molar-refractivity contribution in [3.63, 3.8) is 0 Å². The molecule has 0 bridgehead atoms. The Balaban J connectivity index is 1.58. The third-order valence-electron chi connectivity index (χ3n) is 5.02. The van der Waals surface area contributed by atoms with Gasteiger partial charge in [-0.1, -0.05) is 12.1 Å². The van der Waals surface area contributed by atoms with Gasteiger partial charge in [0.15, 0.2) is 11.5 Å². The molecule has 0 saturated carbocycles. The molecule has 0 saturated heterocycles. The molecule has 29 heavy (non-hydrogen) atoms. The number of hydrogen-bond donors (Lipinski definition) is 1. The Kier molecular flexibility index (Phi) is 3.80. The Labute approximate surface area is 162 Å². The summed E-state index contributed by atoms with van der Waals surface area (Å²) in [6.07, 6.45) is -2.87. The zero-order valence-corrected chi connectivity index (χ0v) is 14.9. The van der Waals surface area contributed by atoms with Crippen LogP contribution in [0.3, 0.4) is 0 Å². The molecule has 0 spiro atoms. The molecular formula is C20H14F3N3O3. The predicted octanol–water partition coefficient (Wildman–Crippen LogP) is 4.09. The minimum absolute atomic E-state index is 0.138. The molecular weight excluding hydrogens is 387 g/mol. The van der Waals surface area contributed by atoms with Crippen LogP contribution in [0.1, 0.15) is 29.2 Å². The molecule has 2 aliphatic heterocycles. The molecule has 1 atom stereocenters. The maximum Gasteiger partial charge on any atom is 0.416 e. The van der Waals surface area contributed by atoms with Crippen LogP contribution in [0.15, 0.2) is 48.8 Å². The first kappa shape index (κ1) is 17.6. The SMILES string of the molecule is O=C1CC(c2ccc3c(c2)OCO3)c2ncn(-c3cccc(C(F)(F)F)c3)c2N1. The highest BCUT2D eigenvalue weighted by atomic mass is 19.4. The standard InChI is InChI=1S/C20H14F3N3O3/c21-20(22,23)12-2-1-3-13(7-12)26-9-24-18-14(8-17(27)25-19(18)26)11-4-5-15-16(6-11)29-10-28-15/h1-7,9,14H,8,10H2,(H,25,27). The first-order valence-electron chi connectivity index (χ1n) is 8.84. The average Bonchev–Trinajstić information content (AvgIpc) is 3.33. The number of rotatable bonds is 2. The molecule has 0 fully saturated rings. The van der Waals surface area contributed by atoms with E-state index in [1.54, 1.807) is 12.1 Å². The van der Waals surface area contributed by atoms with E-state index in [2.05, 4.69) is 10.3 Å². The van der Waals surface area contributed by atoms with Crippen LogP contribution < -0.4 is 14.8 Å². The van der Waals surface area contributed by atoms with Gasteiger partial charge < -0.3 is 14.8 Å². The molecule has 1 N–H and O–H groups in total. The quantitative estimate of drug-likeness (QED) is 0.703. The van der Waals surface area contributed by atoms with Crippen molar-refractivity contribution >= 4 is 11.7 Å². The summed E-state index contributed by atoms with van der Waals surface area (Å²) in [6.45, 7) is 0.138. The number of ether oxygens (including phenoxy) is 2. The van der Waals surface area contributed by atoms with Gasteiger partial charge in [0.25, 0.3) is 0 Å². The number of carbonyl (C=O) groups is 1. The fourth-order valence-electron chi connectivity index (χ4n) is 3.64. The largest absolute Gasteiger partial charge is 0.454 e. The molecule has 3 aromatic rings. The first-order chi connectivity index (χ1) is 13.9. The van der Waals surface area contributed by atoms with E-state index in [-0.39, 0.29) is 30.7 Å². The number of benzene rings is 2. The van der Waals surface area contributed by atoms with E-state index in [9.17, 15) is 18.0 Å². The predicted molar refractivity (Wildman–Crippen MR) is 96.2 cm³/mol. The number of hydrogen-bond acceptors (Lipinski definition) is 4. The smallest absolute Gasteiger partial charge is 0.416 e. The lowest BCUT2D eigenvalue weighted by molar-refractivity contribution is -0.137. The van der Waals surface area contributed by atoms with Crippen LogP contribution in [0.4, 0.5) is 19.0 Å². The van der Waals surface area contributed by atoms with Crippen molar-refractivity contribution in [3.8, 4) is 17.2 Å². The summed E-state index contributed by atoms with van der Waals surface area (Å²) >= 11 is 0. The topological polar surface area (TPSA) is 65.4 Å². The number of nitrogens with one attached hydrogen (secondary N) is 1. The molecule has 9 heteroatoms. The minimum atomic E-state index is -4.46. The van der Waals surface area contributed by atoms with E-state index in [1.807, 2.05) is 6.07 Å². The fraction of sp³-hybridized carbons (Fsp3) is 0.200. The van der Waals surface area contributed by atoms with Crippen molar-refractivity contribution in [1.82, 2.24) is 9.55 Å². The molecule has 2 aliphatic rings. The van der Waals surface area contributed by atoms with Crippen molar-refractivity contribution in [2.24, 2.45) is 0 Å². The number of aromatic nitrogens is 2. The Morgan fingerprint density at radius 2 is 1.93 bits per heavy atom. The highest BCUT2D eigenvalue weighted by Gasteiger charge is 2.33. The van der Waals surface area contributed by atoms with Crippen LogP contribution >= 0.6 is 0 Å². The van der Waals surface area contributed by atoms with Crippen LogP contribution in [-0.4, -0.2) is 22.3 Å². The Morgan fingerprint density at radius 3 is 2.76 bits per heavy atom. The van der Waals surface area contributed by atoms with Gasteiger partial charge in [0.2, 0.25) is 12.7 Å². The van der Waals surface area contributed by atoms with Gasteiger partial charge >= 0.3 is 6.18 Å². The molecule has 2 aromatic carbocycles. The van der Waals surface area contributed by atoms with Gasteiger partial charge in [-0.15, -0.1) is 0 Å². The lowest BCUT2D eigenvalue weighted by atomic mass is 9.89. The second kappa shape index (κ2) is 6.26. The maximum atomic E-state index is 13.1. The zero-order chi connectivity index (χ0) is 20.2. The normalized spacial score (nSPS) is 17.8. The van der Waals surface area contributed by atoms with Crippen LogP contribution in [0.5, 0.6) is 11.5 Å². The highest BCUT2D eigenvalue weighted by Crippen LogP contribution is 2.41. The van der Waals surface area contributed by atoms with E-state index in [0.717, 1.165) is 17.7 Å². The number of carbonyl (C=O) groups excluding carboxylic acids is 1. The number of halogens is 3. The van der Waals surface area contributed by atoms with Gasteiger partial charge in [0.1, 0.15) is 12.1 Å².